The quantitative estimate of drug-likeness (QED) is 0.498. The van der Waals surface area contributed by atoms with Crippen LogP contribution < -0.4 is 0 Å². The summed E-state index contributed by atoms with van der Waals surface area (Å²) >= 11 is 1.27. The van der Waals surface area contributed by atoms with Gasteiger partial charge in [-0.1, -0.05) is 18.2 Å². The maximum atomic E-state index is 14.0. The zero-order valence-electron chi connectivity index (χ0n) is 15.7. The Labute approximate surface area is 174 Å². The van der Waals surface area contributed by atoms with Gasteiger partial charge in [0.05, 0.1) is 10.6 Å². The highest BCUT2D eigenvalue weighted by Crippen LogP contribution is 2.39. The van der Waals surface area contributed by atoms with Gasteiger partial charge < -0.3 is 0 Å². The molecule has 0 radical (unpaired) electrons. The van der Waals surface area contributed by atoms with Crippen LogP contribution in [-0.2, 0) is 19.3 Å². The Bertz CT molecular complexity index is 1230. The van der Waals surface area contributed by atoms with Crippen molar-refractivity contribution in [3.05, 3.63) is 69.9 Å². The molecule has 0 amide bonds. The van der Waals surface area contributed by atoms with Crippen LogP contribution in [0.5, 0.6) is 0 Å². The number of H-pyrrole nitrogens is 1. The minimum absolute atomic E-state index is 0.229. The van der Waals surface area contributed by atoms with Gasteiger partial charge in [-0.05, 0) is 53.8 Å². The number of thiazole rings is 1. The van der Waals surface area contributed by atoms with Crippen LogP contribution in [0, 0.1) is 11.6 Å². The van der Waals surface area contributed by atoms with Crippen molar-refractivity contribution < 1.29 is 13.6 Å². The number of halogens is 2. The fraction of sp³-hybridized carbons (Fsp3) is 0.190. The maximum Gasteiger partial charge on any atom is 0.204 e. The third-order valence-electron chi connectivity index (χ3n) is 5.15. The molecule has 30 heavy (non-hydrogen) atoms. The molecule has 0 unspecified atom stereocenters. The number of benzene rings is 2. The van der Waals surface area contributed by atoms with Crippen molar-refractivity contribution in [1.82, 2.24) is 25.6 Å². The number of nitrogens with one attached hydrogen (secondary N) is 1. The normalized spacial score (nSPS) is 12.9. The van der Waals surface area contributed by atoms with Crippen molar-refractivity contribution in [1.29, 1.82) is 0 Å². The van der Waals surface area contributed by atoms with Gasteiger partial charge in [-0.25, -0.2) is 13.8 Å². The molecule has 0 aliphatic heterocycles. The van der Waals surface area contributed by atoms with Gasteiger partial charge in [-0.2, -0.15) is 5.21 Å². The van der Waals surface area contributed by atoms with Gasteiger partial charge in [0.1, 0.15) is 11.6 Å². The van der Waals surface area contributed by atoms with Crippen LogP contribution in [-0.4, -0.2) is 31.4 Å². The van der Waals surface area contributed by atoms with Crippen molar-refractivity contribution in [3.8, 4) is 21.8 Å². The minimum Gasteiger partial charge on any atom is -0.291 e. The van der Waals surface area contributed by atoms with E-state index in [9.17, 15) is 13.6 Å². The predicted octanol–water partition coefficient (Wildman–Crippen LogP) is 4.18. The molecule has 4 aromatic rings. The lowest BCUT2D eigenvalue weighted by Crippen LogP contribution is -2.07. The molecule has 5 rings (SSSR count). The van der Waals surface area contributed by atoms with Crippen molar-refractivity contribution in [3.63, 3.8) is 0 Å². The lowest BCUT2D eigenvalue weighted by atomic mass is 10.0. The molecule has 0 atom stereocenters. The number of Topliss-reactive ketones (excluding diaryl/α,β-unsaturated/α-hetero) is 1. The molecule has 0 saturated carbocycles. The molecule has 0 fully saturated rings. The summed E-state index contributed by atoms with van der Waals surface area (Å²) in [6, 6.07) is 9.54. The number of hydrogen-bond donors (Lipinski definition) is 1. The number of fused-ring (bicyclic) bond motifs is 3. The van der Waals surface area contributed by atoms with Crippen LogP contribution in [0.3, 0.4) is 0 Å². The molecule has 2 aromatic heterocycles. The lowest BCUT2D eigenvalue weighted by molar-refractivity contribution is 0.0990. The highest BCUT2D eigenvalue weighted by molar-refractivity contribution is 7.17. The van der Waals surface area contributed by atoms with Crippen molar-refractivity contribution >= 4 is 17.1 Å². The van der Waals surface area contributed by atoms with Crippen LogP contribution in [0.25, 0.3) is 21.8 Å². The Morgan fingerprint density at radius 3 is 2.73 bits per heavy atom. The number of ketones is 1. The van der Waals surface area contributed by atoms with Crippen LogP contribution >= 0.6 is 11.3 Å². The van der Waals surface area contributed by atoms with E-state index in [0.717, 1.165) is 58.7 Å². The first kappa shape index (κ1) is 18.7. The van der Waals surface area contributed by atoms with E-state index >= 15 is 0 Å². The first-order chi connectivity index (χ1) is 14.6. The van der Waals surface area contributed by atoms with Gasteiger partial charge in [-0.3, -0.25) is 4.79 Å². The van der Waals surface area contributed by atoms with E-state index in [0.29, 0.717) is 5.82 Å². The highest BCUT2D eigenvalue weighted by Gasteiger charge is 2.24. The van der Waals surface area contributed by atoms with E-state index in [1.165, 1.54) is 17.4 Å². The fourth-order valence-electron chi connectivity index (χ4n) is 3.66. The summed E-state index contributed by atoms with van der Waals surface area (Å²) < 4.78 is 27.9. The molecular formula is C21H15F2N5OS. The second-order valence-corrected chi connectivity index (χ2v) is 8.05. The lowest BCUT2D eigenvalue weighted by Gasteiger charge is -2.07. The molecular weight excluding hydrogens is 408 g/mol. The largest absolute Gasteiger partial charge is 0.291 e. The second kappa shape index (κ2) is 7.49. The minimum atomic E-state index is -0.725. The predicted molar refractivity (Wildman–Crippen MR) is 107 cm³/mol. The number of aryl methyl sites for hydroxylation is 2. The van der Waals surface area contributed by atoms with Gasteiger partial charge in [0.25, 0.3) is 0 Å². The molecule has 1 aliphatic rings. The van der Waals surface area contributed by atoms with E-state index in [-0.39, 0.29) is 17.0 Å². The highest BCUT2D eigenvalue weighted by atomic mass is 32.1. The molecule has 6 nitrogen and oxygen atoms in total. The monoisotopic (exact) mass is 423 g/mol. The molecule has 150 valence electrons. The van der Waals surface area contributed by atoms with Gasteiger partial charge >= 0.3 is 0 Å². The third-order valence-corrected chi connectivity index (χ3v) is 6.32. The van der Waals surface area contributed by atoms with Crippen molar-refractivity contribution in [2.75, 3.05) is 0 Å². The van der Waals surface area contributed by atoms with E-state index in [4.69, 9.17) is 0 Å². The van der Waals surface area contributed by atoms with Gasteiger partial charge in [0.2, 0.25) is 5.82 Å². The first-order valence-electron chi connectivity index (χ1n) is 9.43. The maximum absolute atomic E-state index is 14.0. The number of hydrogen-bond acceptors (Lipinski definition) is 6. The van der Waals surface area contributed by atoms with Crippen molar-refractivity contribution in [2.24, 2.45) is 0 Å². The Morgan fingerprint density at radius 2 is 1.97 bits per heavy atom. The van der Waals surface area contributed by atoms with Crippen LogP contribution in [0.15, 0.2) is 36.4 Å². The average molecular weight is 423 g/mol. The number of carbonyl (C=O) groups excluding carboxylic acids is 1. The summed E-state index contributed by atoms with van der Waals surface area (Å²) in [5.41, 5.74) is 3.56. The number of tetrazole rings is 1. The standard InChI is InChI=1S/C21H15F2N5OS/c22-15-4-2-5-16(23)14(15)10-18(29)21-24-17-6-1-3-11-7-8-12(20-25-27-28-26-20)9-13(11)19(17)30-21/h2,4-5,7-9H,1,3,6,10H2,(H,25,26,27,28). The van der Waals surface area contributed by atoms with Gasteiger partial charge in [-0.15, -0.1) is 21.5 Å². The number of nitrogens with zero attached hydrogens (tertiary/aromatic N) is 4. The summed E-state index contributed by atoms with van der Waals surface area (Å²) in [4.78, 5) is 18.2. The molecule has 0 spiro atoms. The summed E-state index contributed by atoms with van der Waals surface area (Å²) in [7, 11) is 0. The Kier molecular flexibility index (Phi) is 4.66. The fourth-order valence-corrected chi connectivity index (χ4v) is 4.76. The summed E-state index contributed by atoms with van der Waals surface area (Å²) in [5, 5.41) is 14.4. The number of carbonyl (C=O) groups is 1. The van der Waals surface area contributed by atoms with Gasteiger partial charge in [0, 0.05) is 17.5 Å². The van der Waals surface area contributed by atoms with Crippen molar-refractivity contribution in [2.45, 2.75) is 25.7 Å². The zero-order valence-corrected chi connectivity index (χ0v) is 16.5. The SMILES string of the molecule is O=C(Cc1c(F)cccc1F)c1nc2c(s1)-c1cc(-c3nn[nH]n3)ccc1CCC2. The molecule has 9 heteroatoms. The first-order valence-corrected chi connectivity index (χ1v) is 10.2. The van der Waals surface area contributed by atoms with E-state index in [2.05, 4.69) is 25.6 Å². The Balaban J connectivity index is 1.53. The summed E-state index contributed by atoms with van der Waals surface area (Å²) in [6.45, 7) is 0. The molecule has 2 aromatic carbocycles. The van der Waals surface area contributed by atoms with Crippen LogP contribution in [0.2, 0.25) is 0 Å². The molecule has 0 saturated heterocycles. The third kappa shape index (κ3) is 3.30. The van der Waals surface area contributed by atoms with Crippen LogP contribution in [0.4, 0.5) is 8.78 Å². The molecule has 1 aliphatic carbocycles. The number of rotatable bonds is 4. The smallest absolute Gasteiger partial charge is 0.204 e. The topological polar surface area (TPSA) is 84.4 Å². The summed E-state index contributed by atoms with van der Waals surface area (Å²) in [5.74, 6) is -1.36. The van der Waals surface area contributed by atoms with Crippen LogP contribution in [0.1, 0.15) is 33.0 Å². The number of aromatic nitrogens is 5. The second-order valence-electron chi connectivity index (χ2n) is 7.06. The zero-order chi connectivity index (χ0) is 20.7. The average Bonchev–Trinajstić information content (AvgIpc) is 3.39. The van der Waals surface area contributed by atoms with E-state index < -0.39 is 17.4 Å². The molecule has 2 heterocycles. The van der Waals surface area contributed by atoms with Gasteiger partial charge in [0.15, 0.2) is 10.8 Å². The Hall–Kier alpha value is -3.33. The number of aromatic amines is 1. The summed E-state index contributed by atoms with van der Waals surface area (Å²) in [6.07, 6.45) is 2.18. The van der Waals surface area contributed by atoms with E-state index in [1.54, 1.807) is 0 Å². The molecule has 1 N–H and O–H groups in total. The molecule has 0 bridgehead atoms. The van der Waals surface area contributed by atoms with E-state index in [1.807, 2.05) is 18.2 Å². The Morgan fingerprint density at radius 1 is 1.13 bits per heavy atom.